The van der Waals surface area contributed by atoms with Crippen molar-refractivity contribution in [2.45, 2.75) is 23.2 Å². The lowest BCUT2D eigenvalue weighted by Gasteiger charge is -1.88. The first kappa shape index (κ1) is 7.44. The van der Waals surface area contributed by atoms with Gasteiger partial charge in [0.2, 0.25) is 0 Å². The largest absolute Gasteiger partial charge is 0.333 e. The molecule has 0 aliphatic heterocycles. The van der Waals surface area contributed by atoms with E-state index in [9.17, 15) is 0 Å². The molecule has 0 radical (unpaired) electrons. The lowest BCUT2D eigenvalue weighted by Crippen LogP contribution is -1.76. The second-order valence-electron chi connectivity index (χ2n) is 3.38. The number of hydrogen-bond acceptors (Lipinski definition) is 2. The summed E-state index contributed by atoms with van der Waals surface area (Å²) in [7, 11) is 0. The zero-order chi connectivity index (χ0) is 8.67. The van der Waals surface area contributed by atoms with Crippen LogP contribution in [0.3, 0.4) is 0 Å². The van der Waals surface area contributed by atoms with E-state index in [1.807, 2.05) is 30.0 Å². The smallest absolute Gasteiger partial charge is 0.166 e. The van der Waals surface area contributed by atoms with Gasteiger partial charge in [-0.2, -0.15) is 0 Å². The zero-order valence-electron chi connectivity index (χ0n) is 7.16. The first-order valence-electron chi connectivity index (χ1n) is 4.53. The number of nitrogens with one attached hydrogen (secondary N) is 1. The Bertz CT molecular complexity index is 398. The van der Waals surface area contributed by atoms with Gasteiger partial charge in [0, 0.05) is 5.25 Å². The molecule has 2 aromatic rings. The van der Waals surface area contributed by atoms with Crippen molar-refractivity contribution >= 4 is 22.8 Å². The van der Waals surface area contributed by atoms with Crippen LogP contribution in [0.1, 0.15) is 12.8 Å². The Kier molecular flexibility index (Phi) is 1.59. The van der Waals surface area contributed by atoms with Crippen LogP contribution in [0.25, 0.3) is 11.0 Å². The topological polar surface area (TPSA) is 28.7 Å². The van der Waals surface area contributed by atoms with Gasteiger partial charge in [0.25, 0.3) is 0 Å². The fourth-order valence-corrected chi connectivity index (χ4v) is 2.34. The van der Waals surface area contributed by atoms with E-state index in [1.54, 1.807) is 0 Å². The molecule has 0 saturated heterocycles. The number of thioether (sulfide) groups is 1. The minimum atomic E-state index is 0.820. The number of aromatic amines is 1. The molecule has 1 heterocycles. The van der Waals surface area contributed by atoms with Crippen LogP contribution in [0, 0.1) is 0 Å². The van der Waals surface area contributed by atoms with Gasteiger partial charge in [0.1, 0.15) is 0 Å². The van der Waals surface area contributed by atoms with Crippen molar-refractivity contribution < 1.29 is 0 Å². The molecule has 2 nitrogen and oxygen atoms in total. The minimum Gasteiger partial charge on any atom is -0.333 e. The maximum Gasteiger partial charge on any atom is 0.166 e. The van der Waals surface area contributed by atoms with Gasteiger partial charge in [0.05, 0.1) is 11.0 Å². The predicted octanol–water partition coefficient (Wildman–Crippen LogP) is 2.82. The standard InChI is InChI=1S/C10H10N2S/c1-2-4-9-8(3-1)11-10(12-9)13-7-5-6-7/h1-4,7H,5-6H2,(H,11,12). The molecule has 1 aliphatic rings. The number of imidazole rings is 1. The van der Waals surface area contributed by atoms with Gasteiger partial charge in [-0.05, 0) is 25.0 Å². The Morgan fingerprint density at radius 3 is 2.92 bits per heavy atom. The predicted molar refractivity (Wildman–Crippen MR) is 55.0 cm³/mol. The Morgan fingerprint density at radius 1 is 1.31 bits per heavy atom. The Labute approximate surface area is 80.8 Å². The third-order valence-corrected chi connectivity index (χ3v) is 3.39. The summed E-state index contributed by atoms with van der Waals surface area (Å²) >= 11 is 1.87. The quantitative estimate of drug-likeness (QED) is 0.788. The van der Waals surface area contributed by atoms with E-state index >= 15 is 0 Å². The first-order chi connectivity index (χ1) is 6.42. The molecular weight excluding hydrogens is 180 g/mol. The summed E-state index contributed by atoms with van der Waals surface area (Å²) < 4.78 is 0. The normalized spacial score (nSPS) is 16.6. The highest BCUT2D eigenvalue weighted by atomic mass is 32.2. The molecule has 1 N–H and O–H groups in total. The van der Waals surface area contributed by atoms with Gasteiger partial charge in [-0.25, -0.2) is 4.98 Å². The zero-order valence-corrected chi connectivity index (χ0v) is 7.97. The maximum atomic E-state index is 4.50. The summed E-state index contributed by atoms with van der Waals surface area (Å²) in [5.74, 6) is 0. The highest BCUT2D eigenvalue weighted by molar-refractivity contribution is 8.00. The van der Waals surface area contributed by atoms with Crippen LogP contribution in [0.4, 0.5) is 0 Å². The molecule has 66 valence electrons. The van der Waals surface area contributed by atoms with Gasteiger partial charge in [-0.1, -0.05) is 23.9 Å². The molecule has 0 amide bonds. The van der Waals surface area contributed by atoms with Gasteiger partial charge in [-0.15, -0.1) is 0 Å². The van der Waals surface area contributed by atoms with Crippen molar-refractivity contribution in [3.8, 4) is 0 Å². The maximum absolute atomic E-state index is 4.50. The van der Waals surface area contributed by atoms with Crippen molar-refractivity contribution in [1.29, 1.82) is 0 Å². The highest BCUT2D eigenvalue weighted by Gasteiger charge is 2.23. The number of rotatable bonds is 2. The van der Waals surface area contributed by atoms with Gasteiger partial charge in [0.15, 0.2) is 5.16 Å². The van der Waals surface area contributed by atoms with Crippen LogP contribution in [-0.2, 0) is 0 Å². The second-order valence-corrected chi connectivity index (χ2v) is 4.67. The van der Waals surface area contributed by atoms with Crippen molar-refractivity contribution in [3.63, 3.8) is 0 Å². The van der Waals surface area contributed by atoms with Crippen molar-refractivity contribution in [2.75, 3.05) is 0 Å². The van der Waals surface area contributed by atoms with Crippen LogP contribution in [0.15, 0.2) is 29.4 Å². The minimum absolute atomic E-state index is 0.820. The third-order valence-electron chi connectivity index (χ3n) is 2.17. The average molecular weight is 190 g/mol. The molecule has 0 bridgehead atoms. The van der Waals surface area contributed by atoms with E-state index < -0.39 is 0 Å². The molecule has 0 spiro atoms. The molecule has 13 heavy (non-hydrogen) atoms. The molecule has 3 heteroatoms. The van der Waals surface area contributed by atoms with E-state index in [0.717, 1.165) is 21.4 Å². The summed E-state index contributed by atoms with van der Waals surface area (Å²) in [5.41, 5.74) is 2.22. The number of H-pyrrole nitrogens is 1. The van der Waals surface area contributed by atoms with Crippen molar-refractivity contribution in [2.24, 2.45) is 0 Å². The van der Waals surface area contributed by atoms with Crippen LogP contribution in [-0.4, -0.2) is 15.2 Å². The van der Waals surface area contributed by atoms with E-state index in [-0.39, 0.29) is 0 Å². The van der Waals surface area contributed by atoms with E-state index in [4.69, 9.17) is 0 Å². The monoisotopic (exact) mass is 190 g/mol. The number of para-hydroxylation sites is 2. The molecule has 0 atom stereocenters. The van der Waals surface area contributed by atoms with Crippen LogP contribution in [0.2, 0.25) is 0 Å². The second kappa shape index (κ2) is 2.77. The fourth-order valence-electron chi connectivity index (χ4n) is 1.33. The van der Waals surface area contributed by atoms with Crippen LogP contribution >= 0.6 is 11.8 Å². The lowest BCUT2D eigenvalue weighted by atomic mass is 10.3. The third kappa shape index (κ3) is 1.44. The lowest BCUT2D eigenvalue weighted by molar-refractivity contribution is 1.08. The van der Waals surface area contributed by atoms with E-state index in [1.165, 1.54) is 12.8 Å². The van der Waals surface area contributed by atoms with Gasteiger partial charge in [-0.3, -0.25) is 0 Å². The number of fused-ring (bicyclic) bond motifs is 1. The average Bonchev–Trinajstić information content (AvgIpc) is 2.85. The SMILES string of the molecule is c1ccc2[nH]c(SC3CC3)nc2c1. The highest BCUT2D eigenvalue weighted by Crippen LogP contribution is 2.38. The van der Waals surface area contributed by atoms with Crippen molar-refractivity contribution in [1.82, 2.24) is 9.97 Å². The Morgan fingerprint density at radius 2 is 2.15 bits per heavy atom. The van der Waals surface area contributed by atoms with E-state index in [2.05, 4.69) is 16.0 Å². The van der Waals surface area contributed by atoms with Gasteiger partial charge < -0.3 is 4.98 Å². The number of nitrogens with zero attached hydrogens (tertiary/aromatic N) is 1. The van der Waals surface area contributed by atoms with Crippen LogP contribution < -0.4 is 0 Å². The molecule has 1 aromatic heterocycles. The first-order valence-corrected chi connectivity index (χ1v) is 5.41. The summed E-state index contributed by atoms with van der Waals surface area (Å²) in [6, 6.07) is 8.17. The van der Waals surface area contributed by atoms with Crippen LogP contribution in [0.5, 0.6) is 0 Å². The number of aromatic nitrogens is 2. The molecule has 1 aliphatic carbocycles. The molecule has 0 unspecified atom stereocenters. The Balaban J connectivity index is 2.00. The molecular formula is C10H10N2S. The summed E-state index contributed by atoms with van der Waals surface area (Å²) in [6.07, 6.45) is 2.70. The van der Waals surface area contributed by atoms with Crippen molar-refractivity contribution in [3.05, 3.63) is 24.3 Å². The number of hydrogen-bond donors (Lipinski definition) is 1. The van der Waals surface area contributed by atoms with E-state index in [0.29, 0.717) is 0 Å². The number of benzene rings is 1. The molecule has 1 fully saturated rings. The molecule has 1 aromatic carbocycles. The molecule has 1 saturated carbocycles. The van der Waals surface area contributed by atoms with Gasteiger partial charge >= 0.3 is 0 Å². The summed E-state index contributed by atoms with van der Waals surface area (Å²) in [5, 5.41) is 1.89. The summed E-state index contributed by atoms with van der Waals surface area (Å²) in [4.78, 5) is 7.82. The Hall–Kier alpha value is -0.960. The molecule has 3 rings (SSSR count). The summed E-state index contributed by atoms with van der Waals surface area (Å²) in [6.45, 7) is 0. The fraction of sp³-hybridized carbons (Fsp3) is 0.300.